The van der Waals surface area contributed by atoms with Crippen LogP contribution in [0, 0.1) is 0 Å². The summed E-state index contributed by atoms with van der Waals surface area (Å²) < 4.78 is 19.6. The Morgan fingerprint density at radius 2 is 1.29 bits per heavy atom. The Morgan fingerprint density at radius 1 is 0.833 bits per heavy atom. The van der Waals surface area contributed by atoms with Gasteiger partial charge in [0.05, 0.1) is 32.7 Å². The second-order valence-corrected chi connectivity index (χ2v) is 4.60. The first kappa shape index (κ1) is 21.6. The summed E-state index contributed by atoms with van der Waals surface area (Å²) in [6.45, 7) is 6.41. The molecule has 0 aliphatic rings. The molecule has 136 valence electrons. The molecule has 0 atom stereocenters. The van der Waals surface area contributed by atoms with Crippen molar-refractivity contribution in [2.45, 2.75) is 46.1 Å². The maximum atomic E-state index is 12.3. The summed E-state index contributed by atoms with van der Waals surface area (Å²) in [6, 6.07) is 0. The van der Waals surface area contributed by atoms with E-state index >= 15 is 0 Å². The van der Waals surface area contributed by atoms with Gasteiger partial charge in [-0.2, -0.15) is 0 Å². The second-order valence-electron chi connectivity index (χ2n) is 4.60. The monoisotopic (exact) mass is 344 g/mol. The average molecular weight is 344 g/mol. The van der Waals surface area contributed by atoms with Crippen LogP contribution in [-0.4, -0.2) is 49.3 Å². The minimum Gasteiger partial charge on any atom is -0.466 e. The number of ether oxygens (including phenoxy) is 4. The van der Waals surface area contributed by atoms with Crippen LogP contribution in [0.5, 0.6) is 0 Å². The number of hydrogen-bond acceptors (Lipinski definition) is 8. The Balaban J connectivity index is 5.68. The van der Waals surface area contributed by atoms with Crippen molar-refractivity contribution in [2.24, 2.45) is 0 Å². The van der Waals surface area contributed by atoms with Crippen LogP contribution in [0.1, 0.15) is 40.5 Å². The average Bonchev–Trinajstić information content (AvgIpc) is 2.47. The molecule has 0 heterocycles. The number of esters is 4. The van der Waals surface area contributed by atoms with Crippen LogP contribution in [-0.2, 0) is 38.1 Å². The van der Waals surface area contributed by atoms with Gasteiger partial charge in [0.25, 0.3) is 0 Å². The summed E-state index contributed by atoms with van der Waals surface area (Å²) in [5.74, 6) is -3.51. The molecule has 0 saturated heterocycles. The standard InChI is InChI=1S/C16H24O8/c1-5-9-12(17)24-16(15(20)23-8-4,10-13(18)21-6-2)11-14(19)22-7-3/h5,9H,6-8,10-11H2,1-4H3. The van der Waals surface area contributed by atoms with Gasteiger partial charge in [-0.25, -0.2) is 9.59 Å². The topological polar surface area (TPSA) is 105 Å². The van der Waals surface area contributed by atoms with Gasteiger partial charge in [0.15, 0.2) is 0 Å². The van der Waals surface area contributed by atoms with E-state index in [1.54, 1.807) is 27.7 Å². The van der Waals surface area contributed by atoms with E-state index in [2.05, 4.69) is 0 Å². The van der Waals surface area contributed by atoms with Crippen LogP contribution in [0.15, 0.2) is 12.2 Å². The largest absolute Gasteiger partial charge is 0.466 e. The van der Waals surface area contributed by atoms with Gasteiger partial charge in [0, 0.05) is 6.08 Å². The van der Waals surface area contributed by atoms with Crippen LogP contribution in [0.25, 0.3) is 0 Å². The Kier molecular flexibility index (Phi) is 10.1. The van der Waals surface area contributed by atoms with E-state index in [-0.39, 0.29) is 19.8 Å². The van der Waals surface area contributed by atoms with Crippen LogP contribution in [0.2, 0.25) is 0 Å². The molecule has 0 spiro atoms. The predicted octanol–water partition coefficient (Wildman–Crippen LogP) is 1.31. The first-order valence-corrected chi connectivity index (χ1v) is 7.69. The number of carbonyl (C=O) groups excluding carboxylic acids is 4. The minimum atomic E-state index is -2.13. The van der Waals surface area contributed by atoms with E-state index in [0.29, 0.717) is 0 Å². The summed E-state index contributed by atoms with van der Waals surface area (Å²) >= 11 is 0. The van der Waals surface area contributed by atoms with Gasteiger partial charge in [-0.3, -0.25) is 9.59 Å². The SMILES string of the molecule is CC=CC(=O)OC(CC(=O)OCC)(CC(=O)OCC)C(=O)OCC. The van der Waals surface area contributed by atoms with Crippen molar-refractivity contribution in [3.8, 4) is 0 Å². The molecule has 0 saturated carbocycles. The first-order valence-electron chi connectivity index (χ1n) is 7.69. The molecule has 0 unspecified atom stereocenters. The highest BCUT2D eigenvalue weighted by molar-refractivity contribution is 5.94. The molecule has 0 aromatic heterocycles. The molecule has 8 nitrogen and oxygen atoms in total. The minimum absolute atomic E-state index is 0.0204. The van der Waals surface area contributed by atoms with E-state index in [0.717, 1.165) is 6.08 Å². The number of hydrogen-bond donors (Lipinski definition) is 0. The van der Waals surface area contributed by atoms with E-state index in [1.807, 2.05) is 0 Å². The third kappa shape index (κ3) is 7.26. The number of carbonyl (C=O) groups is 4. The lowest BCUT2D eigenvalue weighted by Gasteiger charge is -2.29. The molecule has 0 aromatic rings. The van der Waals surface area contributed by atoms with Crippen molar-refractivity contribution in [1.29, 1.82) is 0 Å². The van der Waals surface area contributed by atoms with Crippen LogP contribution >= 0.6 is 0 Å². The first-order chi connectivity index (χ1) is 11.3. The van der Waals surface area contributed by atoms with E-state index in [9.17, 15) is 19.2 Å². The summed E-state index contributed by atoms with van der Waals surface area (Å²) in [5, 5.41) is 0. The van der Waals surface area contributed by atoms with Crippen molar-refractivity contribution in [1.82, 2.24) is 0 Å². The molecule has 24 heavy (non-hydrogen) atoms. The molecular formula is C16H24O8. The van der Waals surface area contributed by atoms with Gasteiger partial charge < -0.3 is 18.9 Å². The van der Waals surface area contributed by atoms with Crippen LogP contribution in [0.4, 0.5) is 0 Å². The quantitative estimate of drug-likeness (QED) is 0.332. The van der Waals surface area contributed by atoms with Crippen molar-refractivity contribution < 1.29 is 38.1 Å². The highest BCUT2D eigenvalue weighted by Gasteiger charge is 2.48. The molecule has 8 heteroatoms. The van der Waals surface area contributed by atoms with E-state index in [4.69, 9.17) is 18.9 Å². The number of rotatable bonds is 10. The van der Waals surface area contributed by atoms with Crippen molar-refractivity contribution in [2.75, 3.05) is 19.8 Å². The van der Waals surface area contributed by atoms with Crippen molar-refractivity contribution in [3.63, 3.8) is 0 Å². The third-order valence-corrected chi connectivity index (χ3v) is 2.72. The molecule has 0 radical (unpaired) electrons. The highest BCUT2D eigenvalue weighted by atomic mass is 16.6. The Bertz CT molecular complexity index is 460. The zero-order valence-electron chi connectivity index (χ0n) is 14.5. The van der Waals surface area contributed by atoms with E-state index in [1.165, 1.54) is 6.08 Å². The number of allylic oxidation sites excluding steroid dienone is 1. The predicted molar refractivity (Wildman–Crippen MR) is 82.8 cm³/mol. The summed E-state index contributed by atoms with van der Waals surface area (Å²) in [6.07, 6.45) is 1.15. The van der Waals surface area contributed by atoms with Gasteiger partial charge in [0.2, 0.25) is 5.60 Å². The van der Waals surface area contributed by atoms with Crippen LogP contribution < -0.4 is 0 Å². The Morgan fingerprint density at radius 3 is 1.67 bits per heavy atom. The smallest absolute Gasteiger partial charge is 0.351 e. The van der Waals surface area contributed by atoms with Gasteiger partial charge >= 0.3 is 23.9 Å². The lowest BCUT2D eigenvalue weighted by atomic mass is 9.95. The molecule has 0 rings (SSSR count). The molecule has 0 fully saturated rings. The Labute approximate surface area is 141 Å². The zero-order chi connectivity index (χ0) is 18.6. The fourth-order valence-electron chi connectivity index (χ4n) is 1.84. The highest BCUT2D eigenvalue weighted by Crippen LogP contribution is 2.25. The molecule has 0 amide bonds. The second kappa shape index (κ2) is 11.2. The fraction of sp³-hybridized carbons (Fsp3) is 0.625. The molecular weight excluding hydrogens is 320 g/mol. The molecule has 0 N–H and O–H groups in total. The molecule has 0 aliphatic carbocycles. The zero-order valence-corrected chi connectivity index (χ0v) is 14.5. The fourth-order valence-corrected chi connectivity index (χ4v) is 1.84. The summed E-state index contributed by atoms with van der Waals surface area (Å²) in [7, 11) is 0. The molecule has 0 aliphatic heterocycles. The summed E-state index contributed by atoms with van der Waals surface area (Å²) in [5.41, 5.74) is -2.13. The Hall–Kier alpha value is -2.38. The van der Waals surface area contributed by atoms with Gasteiger partial charge in [-0.1, -0.05) is 6.08 Å². The van der Waals surface area contributed by atoms with Crippen LogP contribution in [0.3, 0.4) is 0 Å². The maximum Gasteiger partial charge on any atom is 0.351 e. The summed E-state index contributed by atoms with van der Waals surface area (Å²) in [4.78, 5) is 47.9. The van der Waals surface area contributed by atoms with Crippen molar-refractivity contribution >= 4 is 23.9 Å². The van der Waals surface area contributed by atoms with Gasteiger partial charge in [-0.15, -0.1) is 0 Å². The third-order valence-electron chi connectivity index (χ3n) is 2.72. The van der Waals surface area contributed by atoms with Crippen molar-refractivity contribution in [3.05, 3.63) is 12.2 Å². The van der Waals surface area contributed by atoms with E-state index < -0.39 is 42.3 Å². The maximum absolute atomic E-state index is 12.3. The van der Waals surface area contributed by atoms with Gasteiger partial charge in [-0.05, 0) is 27.7 Å². The lowest BCUT2D eigenvalue weighted by Crippen LogP contribution is -2.48. The lowest BCUT2D eigenvalue weighted by molar-refractivity contribution is -0.188. The van der Waals surface area contributed by atoms with Gasteiger partial charge in [0.1, 0.15) is 0 Å². The molecule has 0 bridgehead atoms. The normalized spacial score (nSPS) is 11.0. The molecule has 0 aromatic carbocycles.